The van der Waals surface area contributed by atoms with Gasteiger partial charge in [0.1, 0.15) is 0 Å². The molecule has 0 aromatic heterocycles. The van der Waals surface area contributed by atoms with Crippen LogP contribution in [0.3, 0.4) is 0 Å². The Labute approximate surface area is 108 Å². The fourth-order valence-corrected chi connectivity index (χ4v) is 2.14. The third-order valence-corrected chi connectivity index (χ3v) is 4.28. The first-order valence-corrected chi connectivity index (χ1v) is 7.44. The van der Waals surface area contributed by atoms with E-state index in [-0.39, 0.29) is 0 Å². The Bertz CT molecular complexity index is 510. The monoisotopic (exact) mass is 269 g/mol. The second-order valence-corrected chi connectivity index (χ2v) is 6.63. The topological polar surface area (TPSA) is 61.4 Å². The summed E-state index contributed by atoms with van der Waals surface area (Å²) in [6.45, 7) is 0.780. The van der Waals surface area contributed by atoms with Gasteiger partial charge in [0, 0.05) is 26.7 Å². The molecule has 0 amide bonds. The molecule has 1 aromatic rings. The predicted molar refractivity (Wildman–Crippen MR) is 72.5 cm³/mol. The van der Waals surface area contributed by atoms with Crippen LogP contribution in [-0.2, 0) is 16.8 Å². The minimum absolute atomic E-state index is 0.596. The standard InChI is InChI=1S/C12H19N3O2S/c1-15(2)18(16,17)14-12-5-3-4-10(8-12)9-13-11-6-7-11/h3-5,8,11,13-14H,6-7,9H2,1-2H3. The molecule has 0 saturated heterocycles. The lowest BCUT2D eigenvalue weighted by Gasteiger charge is -2.14. The first kappa shape index (κ1) is 13.3. The predicted octanol–water partition coefficient (Wildman–Crippen LogP) is 1.16. The minimum Gasteiger partial charge on any atom is -0.310 e. The van der Waals surface area contributed by atoms with E-state index >= 15 is 0 Å². The molecule has 18 heavy (non-hydrogen) atoms. The molecule has 6 heteroatoms. The molecule has 1 aliphatic carbocycles. The number of hydrogen-bond donors (Lipinski definition) is 2. The van der Waals surface area contributed by atoms with E-state index in [0.717, 1.165) is 16.4 Å². The van der Waals surface area contributed by atoms with Gasteiger partial charge in [-0.15, -0.1) is 0 Å². The van der Waals surface area contributed by atoms with Gasteiger partial charge in [-0.25, -0.2) is 0 Å². The molecule has 100 valence electrons. The van der Waals surface area contributed by atoms with Crippen LogP contribution in [0.15, 0.2) is 24.3 Å². The Morgan fingerprint density at radius 1 is 1.33 bits per heavy atom. The van der Waals surface area contributed by atoms with E-state index in [9.17, 15) is 8.42 Å². The third-order valence-electron chi connectivity index (χ3n) is 2.83. The van der Waals surface area contributed by atoms with Gasteiger partial charge in [-0.05, 0) is 30.5 Å². The summed E-state index contributed by atoms with van der Waals surface area (Å²) in [6, 6.07) is 8.10. The van der Waals surface area contributed by atoms with Gasteiger partial charge in [-0.1, -0.05) is 12.1 Å². The van der Waals surface area contributed by atoms with Gasteiger partial charge in [-0.3, -0.25) is 4.72 Å². The highest BCUT2D eigenvalue weighted by molar-refractivity contribution is 7.90. The largest absolute Gasteiger partial charge is 0.310 e. The van der Waals surface area contributed by atoms with Crippen LogP contribution < -0.4 is 10.0 Å². The van der Waals surface area contributed by atoms with Crippen LogP contribution in [-0.4, -0.2) is 32.9 Å². The number of anilines is 1. The van der Waals surface area contributed by atoms with Crippen molar-refractivity contribution in [2.75, 3.05) is 18.8 Å². The molecule has 2 rings (SSSR count). The Kier molecular flexibility index (Phi) is 3.89. The summed E-state index contributed by atoms with van der Waals surface area (Å²) < 4.78 is 27.1. The normalized spacial score (nSPS) is 15.9. The van der Waals surface area contributed by atoms with E-state index in [1.54, 1.807) is 6.07 Å². The van der Waals surface area contributed by atoms with Crippen LogP contribution in [0, 0.1) is 0 Å². The maximum Gasteiger partial charge on any atom is 0.301 e. The van der Waals surface area contributed by atoms with E-state index in [2.05, 4.69) is 10.0 Å². The SMILES string of the molecule is CN(C)S(=O)(=O)Nc1cccc(CNC2CC2)c1. The van der Waals surface area contributed by atoms with E-state index in [0.29, 0.717) is 11.7 Å². The smallest absolute Gasteiger partial charge is 0.301 e. The second kappa shape index (κ2) is 5.26. The Balaban J connectivity index is 2.02. The first-order chi connectivity index (χ1) is 8.47. The van der Waals surface area contributed by atoms with Crippen molar-refractivity contribution in [1.29, 1.82) is 0 Å². The van der Waals surface area contributed by atoms with Crippen LogP contribution in [0.1, 0.15) is 18.4 Å². The van der Waals surface area contributed by atoms with Crippen LogP contribution in [0.25, 0.3) is 0 Å². The van der Waals surface area contributed by atoms with E-state index in [1.165, 1.54) is 26.9 Å². The first-order valence-electron chi connectivity index (χ1n) is 6.00. The average Bonchev–Trinajstić information content (AvgIpc) is 3.10. The molecule has 1 aromatic carbocycles. The lowest BCUT2D eigenvalue weighted by atomic mass is 10.2. The molecule has 0 heterocycles. The van der Waals surface area contributed by atoms with Crippen LogP contribution in [0.2, 0.25) is 0 Å². The molecule has 1 fully saturated rings. The van der Waals surface area contributed by atoms with Crippen molar-refractivity contribution in [3.63, 3.8) is 0 Å². The van der Waals surface area contributed by atoms with Gasteiger partial charge in [0.15, 0.2) is 0 Å². The highest BCUT2D eigenvalue weighted by Crippen LogP contribution is 2.20. The van der Waals surface area contributed by atoms with Gasteiger partial charge in [0.05, 0.1) is 5.69 Å². The maximum absolute atomic E-state index is 11.7. The lowest BCUT2D eigenvalue weighted by molar-refractivity contribution is 0.527. The van der Waals surface area contributed by atoms with Gasteiger partial charge in [-0.2, -0.15) is 12.7 Å². The van der Waals surface area contributed by atoms with Crippen LogP contribution in [0.4, 0.5) is 5.69 Å². The molecular weight excluding hydrogens is 250 g/mol. The Morgan fingerprint density at radius 2 is 2.06 bits per heavy atom. The van der Waals surface area contributed by atoms with Crippen molar-refractivity contribution in [3.8, 4) is 0 Å². The third kappa shape index (κ3) is 3.69. The lowest BCUT2D eigenvalue weighted by Crippen LogP contribution is -2.29. The fraction of sp³-hybridized carbons (Fsp3) is 0.500. The van der Waals surface area contributed by atoms with Gasteiger partial charge < -0.3 is 5.32 Å². The molecule has 2 N–H and O–H groups in total. The summed E-state index contributed by atoms with van der Waals surface area (Å²) in [4.78, 5) is 0. The van der Waals surface area contributed by atoms with Gasteiger partial charge in [0.2, 0.25) is 0 Å². The van der Waals surface area contributed by atoms with E-state index in [4.69, 9.17) is 0 Å². The number of nitrogens with one attached hydrogen (secondary N) is 2. The van der Waals surface area contributed by atoms with Gasteiger partial charge >= 0.3 is 10.2 Å². The minimum atomic E-state index is -3.42. The molecule has 0 unspecified atom stereocenters. The van der Waals surface area contributed by atoms with Crippen molar-refractivity contribution in [1.82, 2.24) is 9.62 Å². The zero-order valence-electron chi connectivity index (χ0n) is 10.7. The van der Waals surface area contributed by atoms with Crippen molar-refractivity contribution in [2.24, 2.45) is 0 Å². The number of nitrogens with zero attached hydrogens (tertiary/aromatic N) is 1. The maximum atomic E-state index is 11.7. The quantitative estimate of drug-likeness (QED) is 0.814. The summed E-state index contributed by atoms with van der Waals surface area (Å²) in [5, 5.41) is 3.40. The van der Waals surface area contributed by atoms with Crippen molar-refractivity contribution >= 4 is 15.9 Å². The van der Waals surface area contributed by atoms with Crippen LogP contribution in [0.5, 0.6) is 0 Å². The second-order valence-electron chi connectivity index (χ2n) is 4.75. The fourth-order valence-electron chi connectivity index (χ4n) is 1.53. The molecular formula is C12H19N3O2S. The highest BCUT2D eigenvalue weighted by atomic mass is 32.2. The molecule has 1 saturated carbocycles. The zero-order chi connectivity index (χ0) is 13.2. The van der Waals surface area contributed by atoms with E-state index < -0.39 is 10.2 Å². The molecule has 1 aliphatic rings. The summed E-state index contributed by atoms with van der Waals surface area (Å²) in [7, 11) is -0.422. The highest BCUT2D eigenvalue weighted by Gasteiger charge is 2.20. The van der Waals surface area contributed by atoms with Crippen molar-refractivity contribution in [2.45, 2.75) is 25.4 Å². The van der Waals surface area contributed by atoms with Gasteiger partial charge in [0.25, 0.3) is 0 Å². The molecule has 0 atom stereocenters. The molecule has 5 nitrogen and oxygen atoms in total. The zero-order valence-corrected chi connectivity index (χ0v) is 11.5. The average molecular weight is 269 g/mol. The Hall–Kier alpha value is -1.11. The molecule has 0 spiro atoms. The molecule has 0 bridgehead atoms. The number of rotatable bonds is 6. The summed E-state index contributed by atoms with van der Waals surface area (Å²) in [5.41, 5.74) is 1.68. The van der Waals surface area contributed by atoms with Crippen molar-refractivity contribution < 1.29 is 8.42 Å². The molecule has 0 radical (unpaired) electrons. The van der Waals surface area contributed by atoms with Crippen molar-refractivity contribution in [3.05, 3.63) is 29.8 Å². The summed E-state index contributed by atoms with van der Waals surface area (Å²) in [5.74, 6) is 0. The van der Waals surface area contributed by atoms with Crippen LogP contribution >= 0.6 is 0 Å². The summed E-state index contributed by atoms with van der Waals surface area (Å²) >= 11 is 0. The number of benzene rings is 1. The number of hydrogen-bond acceptors (Lipinski definition) is 3. The molecule has 0 aliphatic heterocycles. The summed E-state index contributed by atoms with van der Waals surface area (Å²) in [6.07, 6.45) is 2.49. The Morgan fingerprint density at radius 3 is 2.67 bits per heavy atom. The van der Waals surface area contributed by atoms with E-state index in [1.807, 2.05) is 18.2 Å².